The first-order valence-electron chi connectivity index (χ1n) is 8.30. The molecule has 1 N–H and O–H groups in total. The molecule has 0 heterocycles. The molecule has 0 atom stereocenters. The predicted molar refractivity (Wildman–Crippen MR) is 103 cm³/mol. The van der Waals surface area contributed by atoms with Crippen LogP contribution in [0.5, 0.6) is 17.2 Å². The van der Waals surface area contributed by atoms with Gasteiger partial charge in [-0.1, -0.05) is 6.07 Å². The van der Waals surface area contributed by atoms with Crippen LogP contribution in [0.15, 0.2) is 36.4 Å². The van der Waals surface area contributed by atoms with E-state index in [1.807, 2.05) is 0 Å². The van der Waals surface area contributed by atoms with Gasteiger partial charge in [0, 0.05) is 19.7 Å². The molecule has 0 unspecified atom stereocenters. The van der Waals surface area contributed by atoms with Gasteiger partial charge in [-0.15, -0.1) is 0 Å². The summed E-state index contributed by atoms with van der Waals surface area (Å²) in [6, 6.07) is 10.2. The van der Waals surface area contributed by atoms with E-state index in [2.05, 4.69) is 5.32 Å². The van der Waals surface area contributed by atoms with Crippen molar-refractivity contribution in [1.82, 2.24) is 4.90 Å². The zero-order valence-electron chi connectivity index (χ0n) is 16.2. The highest BCUT2D eigenvalue weighted by atomic mass is 16.5. The number of nitrogens with zero attached hydrogens (tertiary/aromatic N) is 1. The smallest absolute Gasteiger partial charge is 0.253 e. The Balaban J connectivity index is 2.19. The summed E-state index contributed by atoms with van der Waals surface area (Å²) in [5.41, 5.74) is 1.67. The van der Waals surface area contributed by atoms with Gasteiger partial charge in [-0.25, -0.2) is 0 Å². The van der Waals surface area contributed by atoms with Gasteiger partial charge in [0.25, 0.3) is 5.91 Å². The molecule has 2 rings (SSSR count). The molecule has 0 bridgehead atoms. The number of amides is 2. The summed E-state index contributed by atoms with van der Waals surface area (Å²) < 4.78 is 15.7. The molecule has 2 aromatic rings. The van der Waals surface area contributed by atoms with E-state index in [9.17, 15) is 9.59 Å². The molecule has 2 amide bonds. The van der Waals surface area contributed by atoms with Gasteiger partial charge in [0.15, 0.2) is 11.5 Å². The Morgan fingerprint density at radius 1 is 0.889 bits per heavy atom. The molecule has 0 fully saturated rings. The fourth-order valence-corrected chi connectivity index (χ4v) is 2.57. The van der Waals surface area contributed by atoms with E-state index in [-0.39, 0.29) is 18.2 Å². The second-order valence-electron chi connectivity index (χ2n) is 6.03. The maximum atomic E-state index is 12.5. The summed E-state index contributed by atoms with van der Waals surface area (Å²) in [4.78, 5) is 26.1. The normalized spacial score (nSPS) is 10.1. The van der Waals surface area contributed by atoms with Crippen molar-refractivity contribution in [2.45, 2.75) is 6.42 Å². The lowest BCUT2D eigenvalue weighted by Gasteiger charge is -2.15. The minimum Gasteiger partial charge on any atom is -0.495 e. The lowest BCUT2D eigenvalue weighted by atomic mass is 10.1. The van der Waals surface area contributed by atoms with E-state index in [1.165, 1.54) is 12.0 Å². The first-order chi connectivity index (χ1) is 12.9. The maximum Gasteiger partial charge on any atom is 0.253 e. The van der Waals surface area contributed by atoms with Crippen molar-refractivity contribution in [2.75, 3.05) is 40.7 Å². The Labute approximate surface area is 158 Å². The lowest BCUT2D eigenvalue weighted by Crippen LogP contribution is -2.22. The Morgan fingerprint density at radius 3 is 2.11 bits per heavy atom. The number of hydrogen-bond acceptors (Lipinski definition) is 5. The van der Waals surface area contributed by atoms with Gasteiger partial charge >= 0.3 is 0 Å². The van der Waals surface area contributed by atoms with E-state index >= 15 is 0 Å². The van der Waals surface area contributed by atoms with E-state index in [0.717, 1.165) is 5.56 Å². The van der Waals surface area contributed by atoms with Crippen LogP contribution in [0.2, 0.25) is 0 Å². The summed E-state index contributed by atoms with van der Waals surface area (Å²) in [6.07, 6.45) is 0.134. The van der Waals surface area contributed by atoms with Crippen molar-refractivity contribution < 1.29 is 23.8 Å². The minimum atomic E-state index is -0.241. The van der Waals surface area contributed by atoms with Crippen molar-refractivity contribution in [3.05, 3.63) is 47.5 Å². The standard InChI is InChI=1S/C20H24N2O5/c1-22(2)20(24)14-7-9-16(25-3)15(12-14)21-19(23)11-13-6-8-17(26-4)18(10-13)27-5/h6-10,12H,11H2,1-5H3,(H,21,23). The van der Waals surface area contributed by atoms with Crippen molar-refractivity contribution in [2.24, 2.45) is 0 Å². The first-order valence-corrected chi connectivity index (χ1v) is 8.30. The molecule has 0 saturated heterocycles. The molecule has 0 aliphatic rings. The van der Waals surface area contributed by atoms with Gasteiger partial charge in [0.1, 0.15) is 5.75 Å². The molecule has 27 heavy (non-hydrogen) atoms. The Kier molecular flexibility index (Phi) is 6.65. The Morgan fingerprint density at radius 2 is 1.52 bits per heavy atom. The Bertz CT molecular complexity index is 833. The quantitative estimate of drug-likeness (QED) is 0.808. The monoisotopic (exact) mass is 372 g/mol. The molecule has 7 nitrogen and oxygen atoms in total. The molecule has 0 radical (unpaired) electrons. The van der Waals surface area contributed by atoms with Gasteiger partial charge in [0.2, 0.25) is 5.91 Å². The summed E-state index contributed by atoms with van der Waals surface area (Å²) >= 11 is 0. The number of carbonyl (C=O) groups is 2. The highest BCUT2D eigenvalue weighted by molar-refractivity contribution is 5.98. The summed E-state index contributed by atoms with van der Waals surface area (Å²) in [7, 11) is 7.94. The third kappa shape index (κ3) is 4.91. The number of nitrogens with one attached hydrogen (secondary N) is 1. The SMILES string of the molecule is COc1ccc(C(=O)N(C)C)cc1NC(=O)Cc1ccc(OC)c(OC)c1. The Hall–Kier alpha value is -3.22. The molecule has 0 aromatic heterocycles. The van der Waals surface area contributed by atoms with Crippen LogP contribution in [0.4, 0.5) is 5.69 Å². The van der Waals surface area contributed by atoms with Gasteiger partial charge in [-0.3, -0.25) is 9.59 Å². The van der Waals surface area contributed by atoms with Crippen LogP contribution in [0.3, 0.4) is 0 Å². The molecule has 0 saturated carbocycles. The number of carbonyl (C=O) groups excluding carboxylic acids is 2. The van der Waals surface area contributed by atoms with E-state index in [0.29, 0.717) is 28.5 Å². The molecule has 0 aliphatic carbocycles. The number of ether oxygens (including phenoxy) is 3. The maximum absolute atomic E-state index is 12.5. The third-order valence-electron chi connectivity index (χ3n) is 3.94. The average Bonchev–Trinajstić information content (AvgIpc) is 2.66. The molecule has 0 aliphatic heterocycles. The van der Waals surface area contributed by atoms with Crippen LogP contribution in [-0.4, -0.2) is 52.1 Å². The highest BCUT2D eigenvalue weighted by Crippen LogP contribution is 2.29. The first kappa shape index (κ1) is 20.1. The average molecular weight is 372 g/mol. The number of anilines is 1. The number of methoxy groups -OCH3 is 3. The molecular formula is C20H24N2O5. The fraction of sp³-hybridized carbons (Fsp3) is 0.300. The summed E-state index contributed by atoms with van der Waals surface area (Å²) in [6.45, 7) is 0. The molecular weight excluding hydrogens is 348 g/mol. The fourth-order valence-electron chi connectivity index (χ4n) is 2.57. The number of rotatable bonds is 7. The second kappa shape index (κ2) is 8.93. The summed E-state index contributed by atoms with van der Waals surface area (Å²) in [5.74, 6) is 1.23. The van der Waals surface area contributed by atoms with Crippen LogP contribution < -0.4 is 19.5 Å². The minimum absolute atomic E-state index is 0.134. The molecule has 7 heteroatoms. The zero-order valence-corrected chi connectivity index (χ0v) is 16.2. The van der Waals surface area contributed by atoms with Crippen LogP contribution in [0.1, 0.15) is 15.9 Å². The van der Waals surface area contributed by atoms with Crippen molar-refractivity contribution in [3.63, 3.8) is 0 Å². The van der Waals surface area contributed by atoms with Crippen molar-refractivity contribution in [1.29, 1.82) is 0 Å². The van der Waals surface area contributed by atoms with Crippen LogP contribution in [0, 0.1) is 0 Å². The van der Waals surface area contributed by atoms with E-state index in [1.54, 1.807) is 64.7 Å². The van der Waals surface area contributed by atoms with Crippen LogP contribution in [0.25, 0.3) is 0 Å². The second-order valence-corrected chi connectivity index (χ2v) is 6.03. The van der Waals surface area contributed by atoms with E-state index in [4.69, 9.17) is 14.2 Å². The predicted octanol–water partition coefficient (Wildman–Crippen LogP) is 2.60. The van der Waals surface area contributed by atoms with Crippen molar-refractivity contribution >= 4 is 17.5 Å². The lowest BCUT2D eigenvalue weighted by molar-refractivity contribution is -0.115. The topological polar surface area (TPSA) is 77.1 Å². The summed E-state index contributed by atoms with van der Waals surface area (Å²) in [5, 5.41) is 2.80. The molecule has 2 aromatic carbocycles. The van der Waals surface area contributed by atoms with Gasteiger partial charge in [-0.2, -0.15) is 0 Å². The highest BCUT2D eigenvalue weighted by Gasteiger charge is 2.14. The van der Waals surface area contributed by atoms with E-state index < -0.39 is 0 Å². The molecule has 144 valence electrons. The van der Waals surface area contributed by atoms with Crippen molar-refractivity contribution in [3.8, 4) is 17.2 Å². The van der Waals surface area contributed by atoms with Crippen LogP contribution >= 0.6 is 0 Å². The van der Waals surface area contributed by atoms with Crippen LogP contribution in [-0.2, 0) is 11.2 Å². The zero-order chi connectivity index (χ0) is 20.0. The third-order valence-corrected chi connectivity index (χ3v) is 3.94. The van der Waals surface area contributed by atoms with Gasteiger partial charge in [-0.05, 0) is 35.9 Å². The van der Waals surface area contributed by atoms with Gasteiger partial charge < -0.3 is 24.4 Å². The number of benzene rings is 2. The molecule has 0 spiro atoms. The number of hydrogen-bond donors (Lipinski definition) is 1. The van der Waals surface area contributed by atoms with Gasteiger partial charge in [0.05, 0.1) is 33.4 Å². The largest absolute Gasteiger partial charge is 0.495 e.